The molecule has 116 valence electrons. The molecule has 0 heterocycles. The van der Waals surface area contributed by atoms with Crippen LogP contribution in [0.15, 0.2) is 41.3 Å². The number of carbonyl (C=O) groups excluding carboxylic acids is 1. The largest absolute Gasteiger partial charge is 0.319 e. The van der Waals surface area contributed by atoms with Crippen molar-refractivity contribution in [2.75, 3.05) is 5.32 Å². The van der Waals surface area contributed by atoms with Crippen LogP contribution in [-0.2, 0) is 10.0 Å². The zero-order chi connectivity index (χ0) is 16.5. The third kappa shape index (κ3) is 3.75. The van der Waals surface area contributed by atoms with Crippen molar-refractivity contribution in [2.45, 2.75) is 4.90 Å². The van der Waals surface area contributed by atoms with Gasteiger partial charge in [0.05, 0.1) is 10.7 Å². The molecule has 1 amide bonds. The molecule has 2 aromatic carbocycles. The number of primary sulfonamides is 1. The second-order valence-electron chi connectivity index (χ2n) is 4.27. The van der Waals surface area contributed by atoms with Gasteiger partial charge in [0, 0.05) is 10.6 Å². The highest BCUT2D eigenvalue weighted by molar-refractivity contribution is 7.89. The summed E-state index contributed by atoms with van der Waals surface area (Å²) >= 11 is 11.3. The molecular weight excluding hydrogens is 354 g/mol. The van der Waals surface area contributed by atoms with Crippen LogP contribution in [-0.4, -0.2) is 14.3 Å². The van der Waals surface area contributed by atoms with Gasteiger partial charge >= 0.3 is 0 Å². The Bertz CT molecular complexity index is 856. The number of halogens is 3. The number of benzene rings is 2. The standard InChI is InChI=1S/C13H9Cl2FN2O3S/c14-8-2-4-11(10(16)6-8)18-13(19)7-1-3-9(15)12(5-7)22(17,20)21/h1-6H,(H,18,19)(H2,17,20,21). The van der Waals surface area contributed by atoms with Crippen molar-refractivity contribution < 1.29 is 17.6 Å². The maximum absolute atomic E-state index is 13.6. The summed E-state index contributed by atoms with van der Waals surface area (Å²) in [6, 6.07) is 7.24. The zero-order valence-corrected chi connectivity index (χ0v) is 13.1. The predicted molar refractivity (Wildman–Crippen MR) is 82.2 cm³/mol. The summed E-state index contributed by atoms with van der Waals surface area (Å²) in [7, 11) is -4.08. The molecule has 0 spiro atoms. The first-order valence-corrected chi connectivity index (χ1v) is 8.07. The molecule has 0 aliphatic rings. The van der Waals surface area contributed by atoms with E-state index in [1.165, 1.54) is 24.3 Å². The molecule has 5 nitrogen and oxygen atoms in total. The lowest BCUT2D eigenvalue weighted by Crippen LogP contribution is -2.16. The second kappa shape index (κ2) is 6.21. The average molecular weight is 363 g/mol. The molecular formula is C13H9Cl2FN2O3S. The monoisotopic (exact) mass is 362 g/mol. The fraction of sp³-hybridized carbons (Fsp3) is 0. The molecule has 0 aliphatic heterocycles. The maximum atomic E-state index is 13.6. The van der Waals surface area contributed by atoms with E-state index in [2.05, 4.69) is 5.32 Å². The first-order valence-electron chi connectivity index (χ1n) is 5.77. The molecule has 0 aromatic heterocycles. The summed E-state index contributed by atoms with van der Waals surface area (Å²) in [4.78, 5) is 11.7. The number of carbonyl (C=O) groups is 1. The highest BCUT2D eigenvalue weighted by Crippen LogP contribution is 2.23. The van der Waals surface area contributed by atoms with Gasteiger partial charge in [-0.1, -0.05) is 23.2 Å². The van der Waals surface area contributed by atoms with Gasteiger partial charge in [0.1, 0.15) is 10.7 Å². The number of hydrogen-bond acceptors (Lipinski definition) is 3. The molecule has 2 aromatic rings. The van der Waals surface area contributed by atoms with Crippen molar-refractivity contribution in [1.29, 1.82) is 0 Å². The van der Waals surface area contributed by atoms with Gasteiger partial charge in [0.2, 0.25) is 10.0 Å². The summed E-state index contributed by atoms with van der Waals surface area (Å²) in [6.45, 7) is 0. The van der Waals surface area contributed by atoms with Crippen molar-refractivity contribution in [3.05, 3.63) is 57.8 Å². The molecule has 0 saturated heterocycles. The second-order valence-corrected chi connectivity index (χ2v) is 6.64. The summed E-state index contributed by atoms with van der Waals surface area (Å²) in [5, 5.41) is 7.37. The number of hydrogen-bond donors (Lipinski definition) is 2. The van der Waals surface area contributed by atoms with Crippen molar-refractivity contribution in [1.82, 2.24) is 0 Å². The average Bonchev–Trinajstić information content (AvgIpc) is 2.41. The van der Waals surface area contributed by atoms with Gasteiger partial charge in [-0.2, -0.15) is 0 Å². The third-order valence-corrected chi connectivity index (χ3v) is 4.31. The number of sulfonamides is 1. The van der Waals surface area contributed by atoms with Crippen LogP contribution in [0.1, 0.15) is 10.4 Å². The van der Waals surface area contributed by atoms with Crippen LogP contribution < -0.4 is 10.5 Å². The van der Waals surface area contributed by atoms with E-state index in [-0.39, 0.29) is 21.3 Å². The Morgan fingerprint density at radius 3 is 2.41 bits per heavy atom. The van der Waals surface area contributed by atoms with Crippen molar-refractivity contribution in [3.8, 4) is 0 Å². The van der Waals surface area contributed by atoms with Crippen LogP contribution in [0.4, 0.5) is 10.1 Å². The van der Waals surface area contributed by atoms with Crippen LogP contribution in [0, 0.1) is 5.82 Å². The summed E-state index contributed by atoms with van der Waals surface area (Å²) in [5.41, 5.74) is -0.135. The van der Waals surface area contributed by atoms with Gasteiger partial charge in [0.25, 0.3) is 5.91 Å². The summed E-state index contributed by atoms with van der Waals surface area (Å²) in [5.74, 6) is -1.44. The van der Waals surface area contributed by atoms with Gasteiger partial charge in [-0.3, -0.25) is 4.79 Å². The minimum Gasteiger partial charge on any atom is -0.319 e. The van der Waals surface area contributed by atoms with Gasteiger partial charge < -0.3 is 5.32 Å². The van der Waals surface area contributed by atoms with E-state index in [0.29, 0.717) is 0 Å². The Labute approximate surface area is 135 Å². The smallest absolute Gasteiger partial charge is 0.255 e. The normalized spacial score (nSPS) is 11.3. The predicted octanol–water partition coefficient (Wildman–Crippen LogP) is 3.03. The molecule has 0 saturated carbocycles. The molecule has 0 aliphatic carbocycles. The number of anilines is 1. The first kappa shape index (κ1) is 16.7. The van der Waals surface area contributed by atoms with Crippen molar-refractivity contribution >= 4 is 44.8 Å². The third-order valence-electron chi connectivity index (χ3n) is 2.68. The van der Waals surface area contributed by atoms with Gasteiger partial charge in [-0.25, -0.2) is 17.9 Å². The minimum absolute atomic E-state index is 0.0391. The van der Waals surface area contributed by atoms with E-state index in [4.69, 9.17) is 28.3 Å². The van der Waals surface area contributed by atoms with Crippen LogP contribution >= 0.6 is 23.2 Å². The van der Waals surface area contributed by atoms with Crippen LogP contribution in [0.2, 0.25) is 10.0 Å². The van der Waals surface area contributed by atoms with E-state index in [1.807, 2.05) is 0 Å². The van der Waals surface area contributed by atoms with E-state index in [1.54, 1.807) is 0 Å². The van der Waals surface area contributed by atoms with E-state index in [9.17, 15) is 17.6 Å². The minimum atomic E-state index is -4.08. The summed E-state index contributed by atoms with van der Waals surface area (Å²) in [6.07, 6.45) is 0. The fourth-order valence-electron chi connectivity index (χ4n) is 1.65. The highest BCUT2D eigenvalue weighted by atomic mass is 35.5. The molecule has 0 bridgehead atoms. The fourth-order valence-corrected chi connectivity index (χ4v) is 2.88. The highest BCUT2D eigenvalue weighted by Gasteiger charge is 2.17. The zero-order valence-electron chi connectivity index (χ0n) is 10.8. The Kier molecular flexibility index (Phi) is 4.72. The number of nitrogens with one attached hydrogen (secondary N) is 1. The summed E-state index contributed by atoms with van der Waals surface area (Å²) < 4.78 is 36.4. The first-order chi connectivity index (χ1) is 10.2. The van der Waals surface area contributed by atoms with E-state index in [0.717, 1.165) is 12.1 Å². The topological polar surface area (TPSA) is 89.3 Å². The molecule has 0 fully saturated rings. The maximum Gasteiger partial charge on any atom is 0.255 e. The molecule has 3 N–H and O–H groups in total. The van der Waals surface area contributed by atoms with Crippen molar-refractivity contribution in [3.63, 3.8) is 0 Å². The van der Waals surface area contributed by atoms with Gasteiger partial charge in [0.15, 0.2) is 0 Å². The van der Waals surface area contributed by atoms with Crippen molar-refractivity contribution in [2.24, 2.45) is 5.14 Å². The quantitative estimate of drug-likeness (QED) is 0.879. The lowest BCUT2D eigenvalue weighted by atomic mass is 10.2. The van der Waals surface area contributed by atoms with Gasteiger partial charge in [-0.15, -0.1) is 0 Å². The number of amides is 1. The number of nitrogens with two attached hydrogens (primary N) is 1. The Morgan fingerprint density at radius 1 is 1.14 bits per heavy atom. The Hall–Kier alpha value is -1.67. The van der Waals surface area contributed by atoms with E-state index >= 15 is 0 Å². The molecule has 0 atom stereocenters. The molecule has 0 unspecified atom stereocenters. The van der Waals surface area contributed by atoms with Crippen LogP contribution in [0.5, 0.6) is 0 Å². The lowest BCUT2D eigenvalue weighted by Gasteiger charge is -2.08. The molecule has 2 rings (SSSR count). The lowest BCUT2D eigenvalue weighted by molar-refractivity contribution is 0.102. The SMILES string of the molecule is NS(=O)(=O)c1cc(C(=O)Nc2ccc(Cl)cc2F)ccc1Cl. The molecule has 22 heavy (non-hydrogen) atoms. The Morgan fingerprint density at radius 2 is 1.82 bits per heavy atom. The van der Waals surface area contributed by atoms with Crippen LogP contribution in [0.3, 0.4) is 0 Å². The van der Waals surface area contributed by atoms with E-state index < -0.39 is 26.6 Å². The van der Waals surface area contributed by atoms with Crippen LogP contribution in [0.25, 0.3) is 0 Å². The molecule has 9 heteroatoms. The number of rotatable bonds is 3. The van der Waals surface area contributed by atoms with Gasteiger partial charge in [-0.05, 0) is 36.4 Å². The Balaban J connectivity index is 2.34. The molecule has 0 radical (unpaired) electrons.